The van der Waals surface area contributed by atoms with Crippen molar-refractivity contribution in [2.75, 3.05) is 13.1 Å². The van der Waals surface area contributed by atoms with Gasteiger partial charge in [-0.25, -0.2) is 4.98 Å². The summed E-state index contributed by atoms with van der Waals surface area (Å²) >= 11 is 0. The normalized spacial score (nSPS) is 13.1. The van der Waals surface area contributed by atoms with Crippen LogP contribution in [0.25, 0.3) is 0 Å². The van der Waals surface area contributed by atoms with Gasteiger partial charge in [0.2, 0.25) is 0 Å². The molecule has 1 rings (SSSR count). The van der Waals surface area contributed by atoms with Crippen molar-refractivity contribution in [1.29, 1.82) is 0 Å². The molecular weight excluding hydrogens is 176 g/mol. The van der Waals surface area contributed by atoms with E-state index in [2.05, 4.69) is 31.1 Å². The summed E-state index contributed by atoms with van der Waals surface area (Å²) in [5, 5.41) is 3.25. The fourth-order valence-corrected chi connectivity index (χ4v) is 1.24. The molecule has 3 heteroatoms. The SMILES string of the molecule is CCNCCc1ncc(C(C)CC)o1. The molecule has 0 aliphatic rings. The third-order valence-corrected chi connectivity index (χ3v) is 2.44. The molecule has 1 N–H and O–H groups in total. The molecule has 1 heterocycles. The van der Waals surface area contributed by atoms with Crippen LogP contribution in [0.3, 0.4) is 0 Å². The molecule has 3 nitrogen and oxygen atoms in total. The minimum absolute atomic E-state index is 0.482. The summed E-state index contributed by atoms with van der Waals surface area (Å²) in [5.41, 5.74) is 0. The van der Waals surface area contributed by atoms with Crippen LogP contribution in [0.5, 0.6) is 0 Å². The number of nitrogens with zero attached hydrogens (tertiary/aromatic N) is 1. The second-order valence-electron chi connectivity index (χ2n) is 3.57. The lowest BCUT2D eigenvalue weighted by molar-refractivity contribution is 0.424. The Balaban J connectivity index is 2.42. The Hall–Kier alpha value is -0.830. The molecule has 0 spiro atoms. The molecule has 1 atom stereocenters. The van der Waals surface area contributed by atoms with Crippen LogP contribution in [0.15, 0.2) is 10.6 Å². The van der Waals surface area contributed by atoms with Gasteiger partial charge in [-0.2, -0.15) is 0 Å². The highest BCUT2D eigenvalue weighted by atomic mass is 16.4. The number of hydrogen-bond acceptors (Lipinski definition) is 3. The standard InChI is InChI=1S/C11H20N2O/c1-4-9(3)10-8-13-11(14-10)6-7-12-5-2/h8-9,12H,4-7H2,1-3H3. The first-order valence-corrected chi connectivity index (χ1v) is 5.43. The van der Waals surface area contributed by atoms with Crippen molar-refractivity contribution in [1.82, 2.24) is 10.3 Å². The van der Waals surface area contributed by atoms with Gasteiger partial charge in [0.25, 0.3) is 0 Å². The fourth-order valence-electron chi connectivity index (χ4n) is 1.24. The average molecular weight is 196 g/mol. The summed E-state index contributed by atoms with van der Waals surface area (Å²) < 4.78 is 5.63. The van der Waals surface area contributed by atoms with Crippen molar-refractivity contribution >= 4 is 0 Å². The van der Waals surface area contributed by atoms with Crippen LogP contribution in [0, 0.1) is 0 Å². The molecule has 80 valence electrons. The quantitative estimate of drug-likeness (QED) is 0.710. The van der Waals surface area contributed by atoms with E-state index >= 15 is 0 Å². The van der Waals surface area contributed by atoms with Gasteiger partial charge in [-0.15, -0.1) is 0 Å². The summed E-state index contributed by atoms with van der Waals surface area (Å²) in [6.07, 6.45) is 3.83. The third kappa shape index (κ3) is 3.14. The lowest BCUT2D eigenvalue weighted by atomic mass is 10.1. The highest BCUT2D eigenvalue weighted by Gasteiger charge is 2.09. The summed E-state index contributed by atoms with van der Waals surface area (Å²) in [4.78, 5) is 4.25. The molecule has 0 radical (unpaired) electrons. The molecule has 0 amide bonds. The maximum Gasteiger partial charge on any atom is 0.195 e. The lowest BCUT2D eigenvalue weighted by Crippen LogP contribution is -2.16. The zero-order chi connectivity index (χ0) is 10.4. The largest absolute Gasteiger partial charge is 0.445 e. The number of likely N-dealkylation sites (N-methyl/N-ethyl adjacent to an activating group) is 1. The van der Waals surface area contributed by atoms with Crippen LogP contribution in [-0.2, 0) is 6.42 Å². The summed E-state index contributed by atoms with van der Waals surface area (Å²) in [7, 11) is 0. The Morgan fingerprint density at radius 3 is 2.93 bits per heavy atom. The van der Waals surface area contributed by atoms with Crippen LogP contribution in [-0.4, -0.2) is 18.1 Å². The maximum atomic E-state index is 5.63. The van der Waals surface area contributed by atoms with Crippen LogP contribution in [0.2, 0.25) is 0 Å². The number of hydrogen-bond donors (Lipinski definition) is 1. The van der Waals surface area contributed by atoms with Gasteiger partial charge in [-0.1, -0.05) is 20.8 Å². The van der Waals surface area contributed by atoms with E-state index in [0.29, 0.717) is 5.92 Å². The first kappa shape index (κ1) is 11.2. The van der Waals surface area contributed by atoms with Gasteiger partial charge in [0.1, 0.15) is 5.76 Å². The zero-order valence-electron chi connectivity index (χ0n) is 9.34. The third-order valence-electron chi connectivity index (χ3n) is 2.44. The summed E-state index contributed by atoms with van der Waals surface area (Å²) in [6, 6.07) is 0. The second-order valence-corrected chi connectivity index (χ2v) is 3.57. The minimum Gasteiger partial charge on any atom is -0.445 e. The number of nitrogens with one attached hydrogen (secondary N) is 1. The van der Waals surface area contributed by atoms with Gasteiger partial charge in [0.15, 0.2) is 5.89 Å². The molecule has 0 bridgehead atoms. The Bertz CT molecular complexity index is 258. The summed E-state index contributed by atoms with van der Waals surface area (Å²) in [6.45, 7) is 8.36. The van der Waals surface area contributed by atoms with Crippen molar-refractivity contribution < 1.29 is 4.42 Å². The highest BCUT2D eigenvalue weighted by Crippen LogP contribution is 2.19. The van der Waals surface area contributed by atoms with Crippen LogP contribution >= 0.6 is 0 Å². The molecule has 0 saturated carbocycles. The molecule has 0 saturated heterocycles. The topological polar surface area (TPSA) is 38.1 Å². The molecule has 0 fully saturated rings. The van der Waals surface area contributed by atoms with Crippen molar-refractivity contribution in [2.24, 2.45) is 0 Å². The second kappa shape index (κ2) is 5.81. The number of rotatable bonds is 6. The van der Waals surface area contributed by atoms with E-state index in [1.807, 2.05) is 6.20 Å². The van der Waals surface area contributed by atoms with Gasteiger partial charge in [-0.3, -0.25) is 0 Å². The molecule has 0 aliphatic heterocycles. The molecule has 1 aromatic heterocycles. The smallest absolute Gasteiger partial charge is 0.195 e. The Labute approximate surface area is 85.9 Å². The molecule has 0 aliphatic carbocycles. The van der Waals surface area contributed by atoms with Gasteiger partial charge >= 0.3 is 0 Å². The first-order valence-electron chi connectivity index (χ1n) is 5.43. The van der Waals surface area contributed by atoms with Gasteiger partial charge in [-0.05, 0) is 13.0 Å². The number of oxazole rings is 1. The van der Waals surface area contributed by atoms with E-state index in [1.165, 1.54) is 0 Å². The van der Waals surface area contributed by atoms with Gasteiger partial charge in [0, 0.05) is 18.9 Å². The maximum absolute atomic E-state index is 5.63. The van der Waals surface area contributed by atoms with Crippen molar-refractivity contribution in [3.8, 4) is 0 Å². The zero-order valence-corrected chi connectivity index (χ0v) is 9.34. The van der Waals surface area contributed by atoms with E-state index in [-0.39, 0.29) is 0 Å². The van der Waals surface area contributed by atoms with E-state index in [0.717, 1.165) is 37.6 Å². The molecule has 1 aromatic rings. The molecule has 1 unspecified atom stereocenters. The van der Waals surface area contributed by atoms with Gasteiger partial charge in [0.05, 0.1) is 6.20 Å². The molecule has 14 heavy (non-hydrogen) atoms. The predicted molar refractivity (Wildman–Crippen MR) is 57.5 cm³/mol. The summed E-state index contributed by atoms with van der Waals surface area (Å²) in [5.74, 6) is 2.34. The van der Waals surface area contributed by atoms with E-state index in [1.54, 1.807) is 0 Å². The Kier molecular flexibility index (Phi) is 4.66. The van der Waals surface area contributed by atoms with E-state index in [9.17, 15) is 0 Å². The van der Waals surface area contributed by atoms with E-state index in [4.69, 9.17) is 4.42 Å². The average Bonchev–Trinajstić information content (AvgIpc) is 2.66. The highest BCUT2D eigenvalue weighted by molar-refractivity contribution is 5.00. The number of aromatic nitrogens is 1. The van der Waals surface area contributed by atoms with Crippen molar-refractivity contribution in [3.63, 3.8) is 0 Å². The van der Waals surface area contributed by atoms with Crippen molar-refractivity contribution in [2.45, 2.75) is 39.5 Å². The monoisotopic (exact) mass is 196 g/mol. The predicted octanol–water partition coefficient (Wildman–Crippen LogP) is 2.34. The fraction of sp³-hybridized carbons (Fsp3) is 0.727. The van der Waals surface area contributed by atoms with Crippen LogP contribution < -0.4 is 5.32 Å². The Morgan fingerprint density at radius 1 is 1.50 bits per heavy atom. The minimum atomic E-state index is 0.482. The van der Waals surface area contributed by atoms with Gasteiger partial charge < -0.3 is 9.73 Å². The van der Waals surface area contributed by atoms with Crippen molar-refractivity contribution in [3.05, 3.63) is 17.8 Å². The van der Waals surface area contributed by atoms with E-state index < -0.39 is 0 Å². The first-order chi connectivity index (χ1) is 6.77. The molecular formula is C11H20N2O. The van der Waals surface area contributed by atoms with Crippen LogP contribution in [0.1, 0.15) is 44.8 Å². The lowest BCUT2D eigenvalue weighted by Gasteiger charge is -2.02. The Morgan fingerprint density at radius 2 is 2.29 bits per heavy atom. The van der Waals surface area contributed by atoms with Crippen LogP contribution in [0.4, 0.5) is 0 Å². The molecule has 0 aromatic carbocycles.